The molecule has 0 radical (unpaired) electrons. The van der Waals surface area contributed by atoms with Crippen LogP contribution in [0, 0.1) is 58.7 Å². The molecule has 7 atom stereocenters. The second-order valence-corrected chi connectivity index (χ2v) is 12.2. The van der Waals surface area contributed by atoms with E-state index >= 15 is 0 Å². The van der Waals surface area contributed by atoms with E-state index in [9.17, 15) is 0 Å². The van der Waals surface area contributed by atoms with Gasteiger partial charge in [0.25, 0.3) is 0 Å². The van der Waals surface area contributed by atoms with Crippen LogP contribution in [0.5, 0.6) is 0 Å². The van der Waals surface area contributed by atoms with Gasteiger partial charge >= 0.3 is 0 Å². The fourth-order valence-corrected chi connectivity index (χ4v) is 6.31. The van der Waals surface area contributed by atoms with E-state index in [0.29, 0.717) is 5.41 Å². The third-order valence-electron chi connectivity index (χ3n) is 9.51. The van der Waals surface area contributed by atoms with Crippen LogP contribution >= 0.6 is 0 Å². The molecule has 168 valence electrons. The number of rotatable bonds is 6. The molecule has 0 bridgehead atoms. The quantitative estimate of drug-likeness (QED) is 0.422. The summed E-state index contributed by atoms with van der Waals surface area (Å²) in [5, 5.41) is 0. The molecule has 7 unspecified atom stereocenters. The highest BCUT2D eigenvalue weighted by atomic mass is 14.4. The number of hydrogen-bond donors (Lipinski definition) is 0. The van der Waals surface area contributed by atoms with Crippen LogP contribution in [0.15, 0.2) is 0 Å². The lowest BCUT2D eigenvalue weighted by Gasteiger charge is -2.39. The second-order valence-electron chi connectivity index (χ2n) is 12.2. The monoisotopic (exact) mass is 392 g/mol. The number of hydrogen-bond acceptors (Lipinski definition) is 0. The highest BCUT2D eigenvalue weighted by molar-refractivity contribution is 4.86. The minimum Gasteiger partial charge on any atom is -0.0651 e. The van der Waals surface area contributed by atoms with Crippen molar-refractivity contribution in [2.24, 2.45) is 58.7 Å². The third kappa shape index (κ3) is 7.05. The molecule has 0 aromatic rings. The van der Waals surface area contributed by atoms with Gasteiger partial charge in [0.1, 0.15) is 0 Å². The minimum atomic E-state index is 0.456. The first kappa shape index (κ1) is 26.0. The van der Waals surface area contributed by atoms with Crippen LogP contribution in [-0.2, 0) is 0 Å². The first-order valence-corrected chi connectivity index (χ1v) is 12.9. The Morgan fingerprint density at radius 3 is 1.71 bits per heavy atom. The molecular formula is C28H56. The maximum atomic E-state index is 2.60. The Morgan fingerprint density at radius 1 is 0.750 bits per heavy atom. The highest BCUT2D eigenvalue weighted by Gasteiger charge is 2.36. The van der Waals surface area contributed by atoms with Crippen molar-refractivity contribution in [3.05, 3.63) is 0 Å². The molecule has 1 rings (SSSR count). The predicted octanol–water partition coefficient (Wildman–Crippen LogP) is 9.48. The molecule has 0 amide bonds. The molecule has 1 aliphatic rings. The van der Waals surface area contributed by atoms with Gasteiger partial charge in [-0.3, -0.25) is 0 Å². The van der Waals surface area contributed by atoms with Crippen LogP contribution in [-0.4, -0.2) is 0 Å². The molecule has 0 saturated heterocycles. The SMILES string of the molecule is CCC1CCC(CC(C)(C)C(C)C)C(C)CC(C(C)C)C(C)C(CC)CC1C. The van der Waals surface area contributed by atoms with Crippen molar-refractivity contribution in [3.63, 3.8) is 0 Å². The fourth-order valence-electron chi connectivity index (χ4n) is 6.31. The van der Waals surface area contributed by atoms with E-state index in [2.05, 4.69) is 76.2 Å². The summed E-state index contributed by atoms with van der Waals surface area (Å²) in [5.74, 6) is 7.80. The van der Waals surface area contributed by atoms with Crippen LogP contribution < -0.4 is 0 Å². The summed E-state index contributed by atoms with van der Waals surface area (Å²) in [6.45, 7) is 27.5. The van der Waals surface area contributed by atoms with Gasteiger partial charge in [-0.1, -0.05) is 89.0 Å². The maximum Gasteiger partial charge on any atom is -0.0328 e. The zero-order chi connectivity index (χ0) is 21.6. The van der Waals surface area contributed by atoms with E-state index in [1.165, 1.54) is 44.9 Å². The molecule has 0 N–H and O–H groups in total. The van der Waals surface area contributed by atoms with E-state index in [0.717, 1.165) is 53.3 Å². The van der Waals surface area contributed by atoms with Gasteiger partial charge in [0.2, 0.25) is 0 Å². The minimum absolute atomic E-state index is 0.456. The molecular weight excluding hydrogens is 336 g/mol. The van der Waals surface area contributed by atoms with E-state index in [1.54, 1.807) is 0 Å². The van der Waals surface area contributed by atoms with Crippen LogP contribution in [0.4, 0.5) is 0 Å². The Labute approximate surface area is 180 Å². The maximum absolute atomic E-state index is 2.60. The highest BCUT2D eigenvalue weighted by Crippen LogP contribution is 2.45. The van der Waals surface area contributed by atoms with E-state index < -0.39 is 0 Å². The Morgan fingerprint density at radius 2 is 1.25 bits per heavy atom. The largest absolute Gasteiger partial charge is 0.0651 e. The van der Waals surface area contributed by atoms with Crippen molar-refractivity contribution in [3.8, 4) is 0 Å². The topological polar surface area (TPSA) is 0 Å². The molecule has 1 aliphatic carbocycles. The van der Waals surface area contributed by atoms with Crippen LogP contribution in [0.2, 0.25) is 0 Å². The summed E-state index contributed by atoms with van der Waals surface area (Å²) in [6, 6.07) is 0. The molecule has 0 aromatic carbocycles. The fraction of sp³-hybridized carbons (Fsp3) is 1.00. The molecule has 0 heteroatoms. The summed E-state index contributed by atoms with van der Waals surface area (Å²) in [5.41, 5.74) is 0.456. The van der Waals surface area contributed by atoms with Crippen molar-refractivity contribution in [2.45, 2.75) is 121 Å². The molecule has 1 fully saturated rings. The smallest absolute Gasteiger partial charge is 0.0328 e. The zero-order valence-electron chi connectivity index (χ0n) is 21.6. The van der Waals surface area contributed by atoms with Gasteiger partial charge in [-0.15, -0.1) is 0 Å². The van der Waals surface area contributed by atoms with Crippen molar-refractivity contribution in [1.82, 2.24) is 0 Å². The van der Waals surface area contributed by atoms with E-state index in [4.69, 9.17) is 0 Å². The Balaban J connectivity index is 3.19. The van der Waals surface area contributed by atoms with Gasteiger partial charge in [0.15, 0.2) is 0 Å². The molecule has 0 spiro atoms. The van der Waals surface area contributed by atoms with Crippen LogP contribution in [0.3, 0.4) is 0 Å². The molecule has 0 aliphatic heterocycles. The average molecular weight is 393 g/mol. The lowest BCUT2D eigenvalue weighted by molar-refractivity contribution is 0.106. The predicted molar refractivity (Wildman–Crippen MR) is 129 cm³/mol. The van der Waals surface area contributed by atoms with Crippen molar-refractivity contribution in [1.29, 1.82) is 0 Å². The zero-order valence-corrected chi connectivity index (χ0v) is 21.6. The summed E-state index contributed by atoms with van der Waals surface area (Å²) < 4.78 is 0. The standard InChI is InChI=1S/C28H56/c1-12-24-14-15-26(18-28(10,11)20(5)6)22(8)17-27(19(3)4)23(9)25(13-2)16-21(24)7/h19-27H,12-18H2,1-11H3. The first-order chi connectivity index (χ1) is 12.9. The molecule has 0 heterocycles. The Hall–Kier alpha value is 0. The van der Waals surface area contributed by atoms with Gasteiger partial charge in [0.05, 0.1) is 0 Å². The van der Waals surface area contributed by atoms with Crippen molar-refractivity contribution >= 4 is 0 Å². The summed E-state index contributed by atoms with van der Waals surface area (Å²) in [6.07, 6.45) is 9.95. The van der Waals surface area contributed by atoms with Gasteiger partial charge in [-0.05, 0) is 90.8 Å². The van der Waals surface area contributed by atoms with Crippen molar-refractivity contribution in [2.75, 3.05) is 0 Å². The van der Waals surface area contributed by atoms with Crippen molar-refractivity contribution < 1.29 is 0 Å². The first-order valence-electron chi connectivity index (χ1n) is 12.9. The third-order valence-corrected chi connectivity index (χ3v) is 9.51. The van der Waals surface area contributed by atoms with Crippen LogP contribution in [0.25, 0.3) is 0 Å². The molecule has 0 aromatic heterocycles. The van der Waals surface area contributed by atoms with E-state index in [-0.39, 0.29) is 0 Å². The summed E-state index contributed by atoms with van der Waals surface area (Å²) in [4.78, 5) is 0. The second kappa shape index (κ2) is 11.4. The van der Waals surface area contributed by atoms with Gasteiger partial charge in [0, 0.05) is 0 Å². The Kier molecular flexibility index (Phi) is 10.6. The lowest BCUT2D eigenvalue weighted by atomic mass is 9.66. The molecule has 1 saturated carbocycles. The Bertz CT molecular complexity index is 418. The van der Waals surface area contributed by atoms with Gasteiger partial charge in [-0.25, -0.2) is 0 Å². The van der Waals surface area contributed by atoms with Gasteiger partial charge in [-0.2, -0.15) is 0 Å². The van der Waals surface area contributed by atoms with E-state index in [1.807, 2.05) is 0 Å². The lowest BCUT2D eigenvalue weighted by Crippen LogP contribution is -2.30. The molecule has 28 heavy (non-hydrogen) atoms. The summed E-state index contributed by atoms with van der Waals surface area (Å²) >= 11 is 0. The van der Waals surface area contributed by atoms with Gasteiger partial charge < -0.3 is 0 Å². The molecule has 0 nitrogen and oxygen atoms in total. The summed E-state index contributed by atoms with van der Waals surface area (Å²) in [7, 11) is 0. The van der Waals surface area contributed by atoms with Crippen LogP contribution in [0.1, 0.15) is 121 Å². The average Bonchev–Trinajstić information content (AvgIpc) is 2.62. The normalized spacial score (nSPS) is 36.5.